The molecule has 0 bridgehead atoms. The molecule has 0 saturated carbocycles. The van der Waals surface area contributed by atoms with Crippen LogP contribution in [0.5, 0.6) is 0 Å². The van der Waals surface area contributed by atoms with E-state index in [2.05, 4.69) is 0 Å². The van der Waals surface area contributed by atoms with Gasteiger partial charge in [-0.2, -0.15) is 0 Å². The molecule has 0 aromatic rings. The van der Waals surface area contributed by atoms with Gasteiger partial charge in [-0.1, -0.05) is 0 Å². The van der Waals surface area contributed by atoms with Gasteiger partial charge in [0.25, 0.3) is 0 Å². The molecule has 0 saturated heterocycles. The first kappa shape index (κ1) is 10.1. The molecule has 0 aromatic heterocycles. The molecule has 0 aliphatic rings. The first-order valence-electron chi connectivity index (χ1n) is 1.63. The van der Waals surface area contributed by atoms with Crippen molar-refractivity contribution in [2.24, 2.45) is 5.73 Å². The van der Waals surface area contributed by atoms with Crippen LogP contribution in [0.2, 0.25) is 0 Å². The minimum absolute atomic E-state index is 0. The van der Waals surface area contributed by atoms with Crippen molar-refractivity contribution < 1.29 is 9.90 Å². The van der Waals surface area contributed by atoms with Crippen molar-refractivity contribution in [3.63, 3.8) is 0 Å². The number of nitrogens with two attached hydrogens (primary N) is 1. The molecule has 7 heavy (non-hydrogen) atoms. The predicted molar refractivity (Wildman–Crippen MR) is 32.6 cm³/mol. The van der Waals surface area contributed by atoms with Crippen LogP contribution in [0.15, 0.2) is 0 Å². The van der Waals surface area contributed by atoms with Crippen LogP contribution in [-0.2, 0) is 4.79 Å². The summed E-state index contributed by atoms with van der Waals surface area (Å²) in [6, 6.07) is -0.731. The average molecular weight is 166 g/mol. The standard InChI is InChI=1S/C3H7NO2.GeH4/c1-2(4)3(5)6;/h2H,4H2,1H3,(H,5,6);1H4/t2-;/m0./s1. The summed E-state index contributed by atoms with van der Waals surface area (Å²) >= 11 is 0. The summed E-state index contributed by atoms with van der Waals surface area (Å²) in [5, 5.41) is 7.87. The summed E-state index contributed by atoms with van der Waals surface area (Å²) in [7, 11) is 0. The Kier molecular flexibility index (Phi) is 5.95. The Morgan fingerprint density at radius 2 is 2.00 bits per heavy atom. The number of rotatable bonds is 1. The van der Waals surface area contributed by atoms with Crippen molar-refractivity contribution in [1.82, 2.24) is 0 Å². The van der Waals surface area contributed by atoms with Crippen molar-refractivity contribution in [2.75, 3.05) is 0 Å². The second-order valence-electron chi connectivity index (χ2n) is 1.13. The number of carboxylic acid groups (broad SMARTS) is 1. The second kappa shape index (κ2) is 4.14. The molecule has 0 heterocycles. The molecule has 44 valence electrons. The Morgan fingerprint density at radius 3 is 2.00 bits per heavy atom. The van der Waals surface area contributed by atoms with Gasteiger partial charge < -0.3 is 10.8 Å². The van der Waals surface area contributed by atoms with E-state index in [4.69, 9.17) is 10.8 Å². The van der Waals surface area contributed by atoms with Gasteiger partial charge in [0.05, 0.1) is 0 Å². The molecule has 3 nitrogen and oxygen atoms in total. The molecular formula is C3H11GeNO2. The van der Waals surface area contributed by atoms with Crippen molar-refractivity contribution in [3.8, 4) is 0 Å². The molecule has 0 aromatic carbocycles. The molecule has 3 N–H and O–H groups in total. The fourth-order valence-electron chi connectivity index (χ4n) is 0. The molecular weight excluding hydrogens is 155 g/mol. The van der Waals surface area contributed by atoms with E-state index < -0.39 is 12.0 Å². The van der Waals surface area contributed by atoms with Gasteiger partial charge in [0.15, 0.2) is 0 Å². The summed E-state index contributed by atoms with van der Waals surface area (Å²) in [6.07, 6.45) is 0. The summed E-state index contributed by atoms with van der Waals surface area (Å²) in [4.78, 5) is 9.57. The van der Waals surface area contributed by atoms with Gasteiger partial charge in [0.2, 0.25) is 0 Å². The monoisotopic (exact) mass is 167 g/mol. The van der Waals surface area contributed by atoms with Gasteiger partial charge in [-0.15, -0.1) is 0 Å². The van der Waals surface area contributed by atoms with Crippen LogP contribution in [0.4, 0.5) is 0 Å². The van der Waals surface area contributed by atoms with E-state index in [1.165, 1.54) is 6.92 Å². The first-order chi connectivity index (χ1) is 2.64. The van der Waals surface area contributed by atoms with E-state index in [0.29, 0.717) is 0 Å². The third-order valence-corrected chi connectivity index (χ3v) is 0.390. The maximum atomic E-state index is 9.57. The van der Waals surface area contributed by atoms with E-state index in [1.807, 2.05) is 0 Å². The van der Waals surface area contributed by atoms with Crippen LogP contribution in [-0.4, -0.2) is 34.7 Å². The van der Waals surface area contributed by atoms with Gasteiger partial charge in [-0.05, 0) is 6.92 Å². The Bertz CT molecular complexity index is 64.0. The van der Waals surface area contributed by atoms with Gasteiger partial charge in [0.1, 0.15) is 6.04 Å². The van der Waals surface area contributed by atoms with E-state index in [1.54, 1.807) is 0 Å². The summed E-state index contributed by atoms with van der Waals surface area (Å²) < 4.78 is 0. The molecule has 0 radical (unpaired) electrons. The van der Waals surface area contributed by atoms with Crippen LogP contribution in [0.3, 0.4) is 0 Å². The second-order valence-corrected chi connectivity index (χ2v) is 1.13. The number of carbonyl (C=O) groups is 1. The minimum atomic E-state index is -0.963. The topological polar surface area (TPSA) is 63.3 Å². The van der Waals surface area contributed by atoms with Crippen molar-refractivity contribution >= 4 is 23.6 Å². The summed E-state index contributed by atoms with van der Waals surface area (Å²) in [6.45, 7) is 1.42. The summed E-state index contributed by atoms with van der Waals surface area (Å²) in [5.74, 6) is -0.963. The van der Waals surface area contributed by atoms with Crippen molar-refractivity contribution in [2.45, 2.75) is 13.0 Å². The van der Waals surface area contributed by atoms with Gasteiger partial charge in [-0.3, -0.25) is 4.79 Å². The molecule has 0 amide bonds. The van der Waals surface area contributed by atoms with Gasteiger partial charge in [0, 0.05) is 0 Å². The predicted octanol–water partition coefficient (Wildman–Crippen LogP) is -2.03. The zero-order chi connectivity index (χ0) is 5.15. The average Bonchev–Trinajstić information content (AvgIpc) is 1.36. The third kappa shape index (κ3) is 5.97. The molecule has 1 atom stereocenters. The van der Waals surface area contributed by atoms with Crippen LogP contribution in [0.1, 0.15) is 6.92 Å². The fourth-order valence-corrected chi connectivity index (χ4v) is 0. The van der Waals surface area contributed by atoms with Crippen LogP contribution < -0.4 is 5.73 Å². The number of aliphatic carboxylic acids is 1. The third-order valence-electron chi connectivity index (χ3n) is 0.390. The van der Waals surface area contributed by atoms with Crippen molar-refractivity contribution in [3.05, 3.63) is 0 Å². The zero-order valence-electron chi connectivity index (χ0n) is 3.51. The Hall–Kier alpha value is -0.0271. The first-order valence-corrected chi connectivity index (χ1v) is 1.63. The number of carboxylic acids is 1. The van der Waals surface area contributed by atoms with Crippen molar-refractivity contribution in [1.29, 1.82) is 0 Å². The summed E-state index contributed by atoms with van der Waals surface area (Å²) in [5.41, 5.74) is 4.84. The van der Waals surface area contributed by atoms with Crippen LogP contribution >= 0.6 is 0 Å². The molecule has 0 aliphatic heterocycles. The van der Waals surface area contributed by atoms with Crippen LogP contribution in [0.25, 0.3) is 0 Å². The van der Waals surface area contributed by atoms with Crippen LogP contribution in [0, 0.1) is 0 Å². The Labute approximate surface area is 52.9 Å². The molecule has 0 aliphatic carbocycles. The maximum absolute atomic E-state index is 9.57. The molecule has 0 rings (SSSR count). The van der Waals surface area contributed by atoms with Gasteiger partial charge >= 0.3 is 23.6 Å². The number of hydrogen-bond donors (Lipinski definition) is 2. The quantitative estimate of drug-likeness (QED) is 0.441. The van der Waals surface area contributed by atoms with Gasteiger partial charge in [-0.25, -0.2) is 0 Å². The van der Waals surface area contributed by atoms with E-state index >= 15 is 0 Å². The number of hydrogen-bond acceptors (Lipinski definition) is 2. The SMILES string of the molecule is C[C@H](N)C(=O)O.[GeH4]. The van der Waals surface area contributed by atoms with E-state index in [-0.39, 0.29) is 17.6 Å². The Balaban J connectivity index is 0. The zero-order valence-corrected chi connectivity index (χ0v) is 3.51. The Morgan fingerprint density at radius 1 is 1.86 bits per heavy atom. The molecule has 0 fully saturated rings. The van der Waals surface area contributed by atoms with E-state index in [9.17, 15) is 4.79 Å². The molecule has 0 unspecified atom stereocenters. The molecule has 0 spiro atoms. The molecule has 4 heteroatoms. The van der Waals surface area contributed by atoms with E-state index in [0.717, 1.165) is 0 Å². The normalized spacial score (nSPS) is 11.7. The fraction of sp³-hybridized carbons (Fsp3) is 0.667.